The van der Waals surface area contributed by atoms with E-state index in [9.17, 15) is 4.79 Å². The number of hydrogen-bond acceptors (Lipinski definition) is 2. The SMILES string of the molecule is CC.NC[C@@H](CC(=O)O)c1ccccc1. The molecule has 0 fully saturated rings. The molecule has 0 bridgehead atoms. The van der Waals surface area contributed by atoms with Gasteiger partial charge in [-0.25, -0.2) is 0 Å². The maximum absolute atomic E-state index is 10.5. The average molecular weight is 209 g/mol. The fourth-order valence-electron chi connectivity index (χ4n) is 1.27. The normalized spacial score (nSPS) is 11.1. The summed E-state index contributed by atoms with van der Waals surface area (Å²) in [4.78, 5) is 10.5. The highest BCUT2D eigenvalue weighted by atomic mass is 16.4. The molecule has 84 valence electrons. The molecule has 0 radical (unpaired) electrons. The van der Waals surface area contributed by atoms with E-state index < -0.39 is 5.97 Å². The molecular weight excluding hydrogens is 190 g/mol. The van der Waals surface area contributed by atoms with Gasteiger partial charge in [-0.1, -0.05) is 44.2 Å². The summed E-state index contributed by atoms with van der Waals surface area (Å²) in [6.07, 6.45) is 0.0977. The van der Waals surface area contributed by atoms with Crippen molar-refractivity contribution in [1.82, 2.24) is 0 Å². The monoisotopic (exact) mass is 209 g/mol. The fourth-order valence-corrected chi connectivity index (χ4v) is 1.27. The van der Waals surface area contributed by atoms with Crippen LogP contribution in [-0.2, 0) is 4.79 Å². The Hall–Kier alpha value is -1.35. The largest absolute Gasteiger partial charge is 0.481 e. The van der Waals surface area contributed by atoms with E-state index in [1.807, 2.05) is 44.2 Å². The van der Waals surface area contributed by atoms with E-state index >= 15 is 0 Å². The number of nitrogens with two attached hydrogens (primary N) is 1. The molecule has 0 aliphatic rings. The molecule has 0 aliphatic heterocycles. The van der Waals surface area contributed by atoms with Crippen LogP contribution in [0, 0.1) is 0 Å². The first-order valence-electron chi connectivity index (χ1n) is 5.21. The Morgan fingerprint density at radius 2 is 1.87 bits per heavy atom. The minimum Gasteiger partial charge on any atom is -0.481 e. The van der Waals surface area contributed by atoms with Gasteiger partial charge in [-0.2, -0.15) is 0 Å². The lowest BCUT2D eigenvalue weighted by atomic mass is 9.96. The van der Waals surface area contributed by atoms with Gasteiger partial charge in [0.05, 0.1) is 6.42 Å². The molecule has 3 nitrogen and oxygen atoms in total. The molecule has 3 N–H and O–H groups in total. The van der Waals surface area contributed by atoms with E-state index in [4.69, 9.17) is 10.8 Å². The summed E-state index contributed by atoms with van der Waals surface area (Å²) in [5.74, 6) is -0.877. The topological polar surface area (TPSA) is 63.3 Å². The van der Waals surface area contributed by atoms with Crippen molar-refractivity contribution in [2.75, 3.05) is 6.54 Å². The molecule has 0 amide bonds. The summed E-state index contributed by atoms with van der Waals surface area (Å²) in [5.41, 5.74) is 6.48. The second kappa shape index (κ2) is 8.00. The summed E-state index contributed by atoms with van der Waals surface area (Å²) in [5, 5.41) is 8.62. The second-order valence-corrected chi connectivity index (χ2v) is 2.94. The molecule has 0 spiro atoms. The van der Waals surface area contributed by atoms with Crippen molar-refractivity contribution in [2.45, 2.75) is 26.2 Å². The van der Waals surface area contributed by atoms with Crippen LogP contribution in [0.3, 0.4) is 0 Å². The van der Waals surface area contributed by atoms with Gasteiger partial charge >= 0.3 is 5.97 Å². The molecule has 1 rings (SSSR count). The van der Waals surface area contributed by atoms with Gasteiger partial charge in [-0.05, 0) is 12.1 Å². The van der Waals surface area contributed by atoms with Crippen LogP contribution in [0.2, 0.25) is 0 Å². The molecule has 0 heterocycles. The predicted octanol–water partition coefficient (Wildman–Crippen LogP) is 2.23. The van der Waals surface area contributed by atoms with Gasteiger partial charge < -0.3 is 10.8 Å². The number of aliphatic carboxylic acids is 1. The van der Waals surface area contributed by atoms with Crippen LogP contribution in [-0.4, -0.2) is 17.6 Å². The van der Waals surface area contributed by atoms with E-state index in [-0.39, 0.29) is 12.3 Å². The van der Waals surface area contributed by atoms with Crippen LogP contribution >= 0.6 is 0 Å². The Morgan fingerprint density at radius 1 is 1.33 bits per heavy atom. The fraction of sp³-hybridized carbons (Fsp3) is 0.417. The lowest BCUT2D eigenvalue weighted by Gasteiger charge is -2.11. The maximum Gasteiger partial charge on any atom is 0.304 e. The van der Waals surface area contributed by atoms with Gasteiger partial charge in [0, 0.05) is 5.92 Å². The predicted molar refractivity (Wildman–Crippen MR) is 61.8 cm³/mol. The molecule has 0 saturated heterocycles. The maximum atomic E-state index is 10.5. The van der Waals surface area contributed by atoms with Gasteiger partial charge in [0.1, 0.15) is 0 Å². The van der Waals surface area contributed by atoms with Gasteiger partial charge in [-0.3, -0.25) is 4.79 Å². The first-order valence-corrected chi connectivity index (χ1v) is 5.21. The first kappa shape index (κ1) is 13.7. The quantitative estimate of drug-likeness (QED) is 0.799. The molecule has 0 unspecified atom stereocenters. The standard InChI is InChI=1S/C10H13NO2.C2H6/c11-7-9(6-10(12)13)8-4-2-1-3-5-8;1-2/h1-5,9H,6-7,11H2,(H,12,13);1-2H3/t9-;/m1./s1. The molecule has 0 aromatic heterocycles. The third-order valence-corrected chi connectivity index (χ3v) is 1.98. The smallest absolute Gasteiger partial charge is 0.304 e. The molecular formula is C12H19NO2. The highest BCUT2D eigenvalue weighted by Crippen LogP contribution is 2.17. The second-order valence-electron chi connectivity index (χ2n) is 2.94. The van der Waals surface area contributed by atoms with Crippen molar-refractivity contribution in [3.8, 4) is 0 Å². The zero-order valence-electron chi connectivity index (χ0n) is 9.31. The van der Waals surface area contributed by atoms with E-state index in [1.165, 1.54) is 0 Å². The lowest BCUT2D eigenvalue weighted by Crippen LogP contribution is -2.16. The first-order chi connectivity index (χ1) is 7.24. The van der Waals surface area contributed by atoms with Gasteiger partial charge in [0.25, 0.3) is 0 Å². The Labute approximate surface area is 90.9 Å². The van der Waals surface area contributed by atoms with Gasteiger partial charge in [-0.15, -0.1) is 0 Å². The molecule has 1 atom stereocenters. The van der Waals surface area contributed by atoms with E-state index in [0.717, 1.165) is 5.56 Å². The van der Waals surface area contributed by atoms with Crippen molar-refractivity contribution in [3.63, 3.8) is 0 Å². The van der Waals surface area contributed by atoms with Gasteiger partial charge in [0.2, 0.25) is 0 Å². The number of rotatable bonds is 4. The Bertz CT molecular complexity index is 272. The Morgan fingerprint density at radius 3 is 2.27 bits per heavy atom. The van der Waals surface area contributed by atoms with E-state index in [1.54, 1.807) is 0 Å². The number of carboxylic acid groups (broad SMARTS) is 1. The summed E-state index contributed by atoms with van der Waals surface area (Å²) in [7, 11) is 0. The molecule has 15 heavy (non-hydrogen) atoms. The number of carboxylic acids is 1. The van der Waals surface area contributed by atoms with Crippen LogP contribution in [0.25, 0.3) is 0 Å². The van der Waals surface area contributed by atoms with Crippen molar-refractivity contribution >= 4 is 5.97 Å². The van der Waals surface area contributed by atoms with Crippen LogP contribution in [0.15, 0.2) is 30.3 Å². The van der Waals surface area contributed by atoms with Crippen LogP contribution in [0.5, 0.6) is 0 Å². The molecule has 3 heteroatoms. The molecule has 0 aliphatic carbocycles. The van der Waals surface area contributed by atoms with Crippen LogP contribution in [0.4, 0.5) is 0 Å². The highest BCUT2D eigenvalue weighted by molar-refractivity contribution is 5.68. The zero-order chi connectivity index (χ0) is 11.7. The minimum absolute atomic E-state index is 0.0706. The van der Waals surface area contributed by atoms with E-state index in [2.05, 4.69) is 0 Å². The minimum atomic E-state index is -0.806. The van der Waals surface area contributed by atoms with Gasteiger partial charge in [0.15, 0.2) is 0 Å². The lowest BCUT2D eigenvalue weighted by molar-refractivity contribution is -0.137. The number of benzene rings is 1. The van der Waals surface area contributed by atoms with Crippen LogP contribution in [0.1, 0.15) is 31.7 Å². The molecule has 0 saturated carbocycles. The van der Waals surface area contributed by atoms with E-state index in [0.29, 0.717) is 6.54 Å². The molecule has 1 aromatic rings. The third-order valence-electron chi connectivity index (χ3n) is 1.98. The summed E-state index contributed by atoms with van der Waals surface area (Å²) in [6, 6.07) is 9.48. The number of hydrogen-bond donors (Lipinski definition) is 2. The van der Waals surface area contributed by atoms with Crippen molar-refractivity contribution in [2.24, 2.45) is 5.73 Å². The van der Waals surface area contributed by atoms with Crippen molar-refractivity contribution in [1.29, 1.82) is 0 Å². The van der Waals surface area contributed by atoms with Crippen molar-refractivity contribution < 1.29 is 9.90 Å². The molecule has 1 aromatic carbocycles. The third kappa shape index (κ3) is 5.18. The summed E-state index contributed by atoms with van der Waals surface area (Å²) >= 11 is 0. The Balaban J connectivity index is 0.000000921. The summed E-state index contributed by atoms with van der Waals surface area (Å²) < 4.78 is 0. The van der Waals surface area contributed by atoms with Crippen LogP contribution < -0.4 is 5.73 Å². The Kier molecular flexibility index (Phi) is 7.28. The zero-order valence-corrected chi connectivity index (χ0v) is 9.31. The number of carbonyl (C=O) groups is 1. The highest BCUT2D eigenvalue weighted by Gasteiger charge is 2.12. The summed E-state index contributed by atoms with van der Waals surface area (Å²) in [6.45, 7) is 4.37. The average Bonchev–Trinajstić information content (AvgIpc) is 2.29. The van der Waals surface area contributed by atoms with Crippen molar-refractivity contribution in [3.05, 3.63) is 35.9 Å².